The Morgan fingerprint density at radius 2 is 1.89 bits per heavy atom. The average molecular weight is 369 g/mol. The van der Waals surface area contributed by atoms with Crippen LogP contribution in [-0.4, -0.2) is 28.8 Å². The highest BCUT2D eigenvalue weighted by molar-refractivity contribution is 5.80. The standard InChI is InChI=1S/C22H32N4O/c1-16(2)21(26-18(4)13-17(3)24-26)22(27)23-15-19-9-8-10-20(14-19)25-11-6-5-7-12-25/h8-10,13-14,16,21H,5-7,11-12,15H2,1-4H3,(H,23,27)/t21-/m1/s1. The Hall–Kier alpha value is -2.30. The fourth-order valence-corrected chi connectivity index (χ4v) is 3.93. The molecule has 5 nitrogen and oxygen atoms in total. The molecule has 1 aromatic heterocycles. The summed E-state index contributed by atoms with van der Waals surface area (Å²) in [5.41, 5.74) is 4.37. The van der Waals surface area contributed by atoms with Crippen LogP contribution in [0.25, 0.3) is 0 Å². The van der Waals surface area contributed by atoms with Crippen LogP contribution in [-0.2, 0) is 11.3 Å². The molecule has 2 heterocycles. The summed E-state index contributed by atoms with van der Waals surface area (Å²) in [5.74, 6) is 0.197. The summed E-state index contributed by atoms with van der Waals surface area (Å²) in [6.45, 7) is 10.9. The summed E-state index contributed by atoms with van der Waals surface area (Å²) in [7, 11) is 0. The third-order valence-corrected chi connectivity index (χ3v) is 5.31. The van der Waals surface area contributed by atoms with Crippen molar-refractivity contribution >= 4 is 11.6 Å². The number of carbonyl (C=O) groups is 1. The molecular weight excluding hydrogens is 336 g/mol. The van der Waals surface area contributed by atoms with Crippen molar-refractivity contribution in [3.63, 3.8) is 0 Å². The number of carbonyl (C=O) groups excluding carboxylic acids is 1. The average Bonchev–Trinajstić information content (AvgIpc) is 2.98. The first-order valence-corrected chi connectivity index (χ1v) is 10.1. The van der Waals surface area contributed by atoms with Gasteiger partial charge in [0, 0.05) is 31.0 Å². The third-order valence-electron chi connectivity index (χ3n) is 5.31. The van der Waals surface area contributed by atoms with E-state index >= 15 is 0 Å². The topological polar surface area (TPSA) is 50.2 Å². The van der Waals surface area contributed by atoms with Crippen LogP contribution in [0.1, 0.15) is 56.1 Å². The second-order valence-corrected chi connectivity index (χ2v) is 8.00. The van der Waals surface area contributed by atoms with Gasteiger partial charge in [-0.3, -0.25) is 9.48 Å². The van der Waals surface area contributed by atoms with Crippen LogP contribution >= 0.6 is 0 Å². The number of hydrogen-bond acceptors (Lipinski definition) is 3. The lowest BCUT2D eigenvalue weighted by atomic mass is 10.0. The lowest BCUT2D eigenvalue weighted by Gasteiger charge is -2.29. The van der Waals surface area contributed by atoms with Gasteiger partial charge >= 0.3 is 0 Å². The van der Waals surface area contributed by atoms with Gasteiger partial charge in [0.2, 0.25) is 5.91 Å². The molecule has 0 radical (unpaired) electrons. The number of rotatable bonds is 6. The zero-order valence-electron chi connectivity index (χ0n) is 17.0. The number of piperidine rings is 1. The summed E-state index contributed by atoms with van der Waals surface area (Å²) in [6.07, 6.45) is 3.86. The highest BCUT2D eigenvalue weighted by Gasteiger charge is 2.26. The van der Waals surface area contributed by atoms with E-state index in [1.54, 1.807) is 0 Å². The molecule has 0 aliphatic carbocycles. The maximum atomic E-state index is 12.9. The summed E-state index contributed by atoms with van der Waals surface area (Å²) >= 11 is 0. The van der Waals surface area contributed by atoms with Gasteiger partial charge in [-0.1, -0.05) is 26.0 Å². The molecule has 1 amide bonds. The van der Waals surface area contributed by atoms with Gasteiger partial charge in [-0.15, -0.1) is 0 Å². The number of nitrogens with zero attached hydrogens (tertiary/aromatic N) is 3. The number of amides is 1. The van der Waals surface area contributed by atoms with Crippen LogP contribution < -0.4 is 10.2 Å². The first-order valence-electron chi connectivity index (χ1n) is 10.1. The largest absolute Gasteiger partial charge is 0.372 e. The maximum absolute atomic E-state index is 12.9. The molecule has 27 heavy (non-hydrogen) atoms. The highest BCUT2D eigenvalue weighted by Crippen LogP contribution is 2.22. The lowest BCUT2D eigenvalue weighted by Crippen LogP contribution is -2.36. The van der Waals surface area contributed by atoms with E-state index in [4.69, 9.17) is 0 Å². The van der Waals surface area contributed by atoms with Crippen molar-refractivity contribution < 1.29 is 4.79 Å². The normalized spacial score (nSPS) is 15.8. The molecule has 1 saturated heterocycles. The monoisotopic (exact) mass is 368 g/mol. The molecule has 1 atom stereocenters. The van der Waals surface area contributed by atoms with Crippen LogP contribution in [0.4, 0.5) is 5.69 Å². The summed E-state index contributed by atoms with van der Waals surface area (Å²) in [6, 6.07) is 10.3. The van der Waals surface area contributed by atoms with E-state index in [-0.39, 0.29) is 17.9 Å². The molecule has 1 fully saturated rings. The Morgan fingerprint density at radius 3 is 2.52 bits per heavy atom. The SMILES string of the molecule is Cc1cc(C)n([C@@H](C(=O)NCc2cccc(N3CCCCC3)c2)C(C)C)n1. The van der Waals surface area contributed by atoms with Crippen LogP contribution in [0.15, 0.2) is 30.3 Å². The van der Waals surface area contributed by atoms with E-state index in [1.165, 1.54) is 24.9 Å². The molecule has 0 unspecified atom stereocenters. The zero-order valence-corrected chi connectivity index (χ0v) is 17.0. The van der Waals surface area contributed by atoms with Crippen LogP contribution in [0.5, 0.6) is 0 Å². The minimum absolute atomic E-state index is 0.0274. The van der Waals surface area contributed by atoms with Crippen molar-refractivity contribution in [2.45, 2.75) is 59.5 Å². The van der Waals surface area contributed by atoms with Gasteiger partial charge in [-0.2, -0.15) is 5.10 Å². The molecular formula is C22H32N4O. The number of aromatic nitrogens is 2. The van der Waals surface area contributed by atoms with Gasteiger partial charge in [0.15, 0.2) is 0 Å². The summed E-state index contributed by atoms with van der Waals surface area (Å²) in [4.78, 5) is 15.4. The van der Waals surface area contributed by atoms with Gasteiger partial charge in [-0.05, 0) is 62.8 Å². The minimum atomic E-state index is -0.288. The molecule has 1 N–H and O–H groups in total. The molecule has 0 saturated carbocycles. The predicted molar refractivity (Wildman–Crippen MR) is 110 cm³/mol. The van der Waals surface area contributed by atoms with E-state index < -0.39 is 0 Å². The first kappa shape index (κ1) is 19.5. The molecule has 0 spiro atoms. The van der Waals surface area contributed by atoms with Gasteiger partial charge in [0.1, 0.15) is 6.04 Å². The Kier molecular flexibility index (Phi) is 6.19. The van der Waals surface area contributed by atoms with Crippen LogP contribution in [0, 0.1) is 19.8 Å². The smallest absolute Gasteiger partial charge is 0.245 e. The van der Waals surface area contributed by atoms with Crippen molar-refractivity contribution in [3.05, 3.63) is 47.3 Å². The first-order chi connectivity index (χ1) is 13.0. The molecule has 5 heteroatoms. The lowest BCUT2D eigenvalue weighted by molar-refractivity contribution is -0.126. The Labute approximate surface area is 162 Å². The Morgan fingerprint density at radius 1 is 1.15 bits per heavy atom. The second kappa shape index (κ2) is 8.59. The molecule has 1 aliphatic heterocycles. The number of anilines is 1. The van der Waals surface area contributed by atoms with Crippen molar-refractivity contribution in [2.75, 3.05) is 18.0 Å². The molecule has 2 aromatic rings. The quantitative estimate of drug-likeness (QED) is 0.838. The fourth-order valence-electron chi connectivity index (χ4n) is 3.93. The van der Waals surface area contributed by atoms with E-state index in [9.17, 15) is 4.79 Å². The van der Waals surface area contributed by atoms with Crippen LogP contribution in [0.3, 0.4) is 0 Å². The van der Waals surface area contributed by atoms with E-state index in [0.717, 1.165) is 30.0 Å². The summed E-state index contributed by atoms with van der Waals surface area (Å²) < 4.78 is 1.86. The molecule has 146 valence electrons. The number of nitrogens with one attached hydrogen (secondary N) is 1. The fraction of sp³-hybridized carbons (Fsp3) is 0.545. The second-order valence-electron chi connectivity index (χ2n) is 8.00. The van der Waals surface area contributed by atoms with Gasteiger partial charge < -0.3 is 10.2 Å². The van der Waals surface area contributed by atoms with Gasteiger partial charge in [0.05, 0.1) is 5.69 Å². The van der Waals surface area contributed by atoms with Crippen LogP contribution in [0.2, 0.25) is 0 Å². The van der Waals surface area contributed by atoms with Gasteiger partial charge in [0.25, 0.3) is 0 Å². The minimum Gasteiger partial charge on any atom is -0.372 e. The predicted octanol–water partition coefficient (Wildman–Crippen LogP) is 4.00. The maximum Gasteiger partial charge on any atom is 0.245 e. The van der Waals surface area contributed by atoms with E-state index in [2.05, 4.69) is 53.4 Å². The number of benzene rings is 1. The highest BCUT2D eigenvalue weighted by atomic mass is 16.2. The molecule has 1 aliphatic rings. The van der Waals surface area contributed by atoms with Crippen molar-refractivity contribution in [3.8, 4) is 0 Å². The molecule has 3 rings (SSSR count). The zero-order chi connectivity index (χ0) is 19.4. The molecule has 0 bridgehead atoms. The number of hydrogen-bond donors (Lipinski definition) is 1. The molecule has 1 aromatic carbocycles. The third kappa shape index (κ3) is 4.71. The number of aryl methyl sites for hydroxylation is 2. The van der Waals surface area contributed by atoms with E-state index in [1.807, 2.05) is 24.6 Å². The summed E-state index contributed by atoms with van der Waals surface area (Å²) in [5, 5.41) is 7.66. The van der Waals surface area contributed by atoms with E-state index in [0.29, 0.717) is 6.54 Å². The van der Waals surface area contributed by atoms with Gasteiger partial charge in [-0.25, -0.2) is 0 Å². The Balaban J connectivity index is 1.68. The van der Waals surface area contributed by atoms with Crippen molar-refractivity contribution in [2.24, 2.45) is 5.92 Å². The van der Waals surface area contributed by atoms with Crippen molar-refractivity contribution in [1.29, 1.82) is 0 Å². The van der Waals surface area contributed by atoms with Crippen molar-refractivity contribution in [1.82, 2.24) is 15.1 Å². The Bertz CT molecular complexity index is 774.